The number of thioether (sulfide) groups is 1. The maximum absolute atomic E-state index is 12.5. The van der Waals surface area contributed by atoms with E-state index in [0.29, 0.717) is 22.2 Å². The van der Waals surface area contributed by atoms with E-state index in [2.05, 4.69) is 5.32 Å². The number of para-hydroxylation sites is 2. The summed E-state index contributed by atoms with van der Waals surface area (Å²) >= 11 is 8.20. The highest BCUT2D eigenvalue weighted by molar-refractivity contribution is 8.26. The van der Waals surface area contributed by atoms with E-state index in [9.17, 15) is 19.7 Å². The Balaban J connectivity index is 1.41. The molecule has 0 aliphatic carbocycles. The van der Waals surface area contributed by atoms with Crippen molar-refractivity contribution in [2.24, 2.45) is 0 Å². The van der Waals surface area contributed by atoms with Crippen LogP contribution in [0.2, 0.25) is 0 Å². The average molecular weight is 462 g/mol. The van der Waals surface area contributed by atoms with Gasteiger partial charge in [-0.2, -0.15) is 0 Å². The Kier molecular flexibility index (Phi) is 7.72. The van der Waals surface area contributed by atoms with Gasteiger partial charge in [0.25, 0.3) is 11.6 Å². The van der Waals surface area contributed by atoms with Crippen LogP contribution in [-0.2, 0) is 9.59 Å². The predicted molar refractivity (Wildman–Crippen MR) is 124 cm³/mol. The minimum Gasteiger partial charge on any atom is -0.320 e. The lowest BCUT2D eigenvalue weighted by molar-refractivity contribution is -0.383. The molecule has 2 aromatic rings. The van der Waals surface area contributed by atoms with E-state index in [4.69, 9.17) is 12.2 Å². The monoisotopic (exact) mass is 461 g/mol. The molecule has 2 heterocycles. The number of carbonyl (C=O) groups excluding carboxylic acids is 2. The maximum Gasteiger partial charge on any atom is 0.292 e. The van der Waals surface area contributed by atoms with Gasteiger partial charge < -0.3 is 5.32 Å². The number of thiocarbonyl (C=S) groups is 1. The summed E-state index contributed by atoms with van der Waals surface area (Å²) in [5.74, 6) is -0.346. The second-order valence-electron chi connectivity index (χ2n) is 6.48. The van der Waals surface area contributed by atoms with E-state index in [0.717, 1.165) is 17.7 Å². The van der Waals surface area contributed by atoms with E-state index >= 15 is 0 Å². The average Bonchev–Trinajstić information content (AvgIpc) is 3.31. The Morgan fingerprint density at radius 1 is 1.20 bits per heavy atom. The van der Waals surface area contributed by atoms with Crippen LogP contribution in [0.25, 0.3) is 6.08 Å². The van der Waals surface area contributed by atoms with Crippen molar-refractivity contribution in [1.29, 1.82) is 0 Å². The van der Waals surface area contributed by atoms with Gasteiger partial charge >= 0.3 is 0 Å². The van der Waals surface area contributed by atoms with Crippen LogP contribution in [0.15, 0.2) is 46.7 Å². The van der Waals surface area contributed by atoms with Crippen molar-refractivity contribution >= 4 is 68.9 Å². The van der Waals surface area contributed by atoms with Crippen molar-refractivity contribution in [3.05, 3.63) is 61.7 Å². The Morgan fingerprint density at radius 2 is 2.00 bits per heavy atom. The third-order valence-electron chi connectivity index (χ3n) is 4.35. The van der Waals surface area contributed by atoms with Gasteiger partial charge in [0.05, 0.1) is 9.83 Å². The first kappa shape index (κ1) is 22.1. The number of hydrogen-bond donors (Lipinski definition) is 1. The van der Waals surface area contributed by atoms with Gasteiger partial charge in [0, 0.05) is 23.9 Å². The quantitative estimate of drug-likeness (QED) is 0.185. The van der Waals surface area contributed by atoms with Crippen molar-refractivity contribution < 1.29 is 14.5 Å². The number of hydrogen-bond acceptors (Lipinski definition) is 7. The zero-order valence-electron chi connectivity index (χ0n) is 15.9. The Labute approximate surface area is 187 Å². The SMILES string of the molecule is O=C(CCCCCN1C(=O)C(=Cc2cccs2)SC1=S)Nc1ccccc1[N+](=O)[O-]. The van der Waals surface area contributed by atoms with Crippen molar-refractivity contribution in [1.82, 2.24) is 4.90 Å². The summed E-state index contributed by atoms with van der Waals surface area (Å²) in [6.45, 7) is 0.512. The number of amides is 2. The molecule has 1 fully saturated rings. The summed E-state index contributed by atoms with van der Waals surface area (Å²) in [6, 6.07) is 9.93. The summed E-state index contributed by atoms with van der Waals surface area (Å²) in [4.78, 5) is 38.3. The lowest BCUT2D eigenvalue weighted by atomic mass is 10.1. The van der Waals surface area contributed by atoms with Crippen LogP contribution in [-0.4, -0.2) is 32.5 Å². The highest BCUT2D eigenvalue weighted by atomic mass is 32.2. The van der Waals surface area contributed by atoms with Crippen molar-refractivity contribution in [2.75, 3.05) is 11.9 Å². The van der Waals surface area contributed by atoms with Crippen LogP contribution in [0, 0.1) is 10.1 Å². The zero-order chi connectivity index (χ0) is 21.5. The molecule has 0 bridgehead atoms. The molecular weight excluding hydrogens is 442 g/mol. The highest BCUT2D eigenvalue weighted by Gasteiger charge is 2.31. The van der Waals surface area contributed by atoms with Gasteiger partial charge in [0.15, 0.2) is 0 Å². The van der Waals surface area contributed by atoms with Gasteiger partial charge in [-0.1, -0.05) is 48.6 Å². The molecule has 0 spiro atoms. The summed E-state index contributed by atoms with van der Waals surface area (Å²) < 4.78 is 0.553. The first-order chi connectivity index (χ1) is 14.5. The second-order valence-corrected chi connectivity index (χ2v) is 9.14. The van der Waals surface area contributed by atoms with Gasteiger partial charge in [-0.25, -0.2) is 0 Å². The minimum atomic E-state index is -0.523. The van der Waals surface area contributed by atoms with E-state index in [-0.39, 0.29) is 29.6 Å². The zero-order valence-corrected chi connectivity index (χ0v) is 18.4. The lowest BCUT2D eigenvalue weighted by Gasteiger charge is -2.14. The molecule has 1 N–H and O–H groups in total. The van der Waals surface area contributed by atoms with Crippen LogP contribution in [0.5, 0.6) is 0 Å². The number of benzene rings is 1. The van der Waals surface area contributed by atoms with Gasteiger partial charge in [0.2, 0.25) is 5.91 Å². The molecule has 1 saturated heterocycles. The molecule has 7 nitrogen and oxygen atoms in total. The molecule has 1 aromatic heterocycles. The molecular formula is C20H19N3O4S3. The molecule has 10 heteroatoms. The summed E-state index contributed by atoms with van der Waals surface area (Å²) in [7, 11) is 0. The van der Waals surface area contributed by atoms with E-state index in [1.807, 2.05) is 23.6 Å². The fraction of sp³-hybridized carbons (Fsp3) is 0.250. The van der Waals surface area contributed by atoms with Crippen molar-refractivity contribution in [3.8, 4) is 0 Å². The normalized spacial score (nSPS) is 15.1. The first-order valence-electron chi connectivity index (χ1n) is 9.28. The number of nitro benzene ring substituents is 1. The molecule has 0 radical (unpaired) electrons. The number of thiophene rings is 1. The van der Waals surface area contributed by atoms with Crippen LogP contribution in [0.4, 0.5) is 11.4 Å². The fourth-order valence-electron chi connectivity index (χ4n) is 2.88. The highest BCUT2D eigenvalue weighted by Crippen LogP contribution is 2.33. The Hall–Kier alpha value is -2.56. The second kappa shape index (κ2) is 10.5. The van der Waals surface area contributed by atoms with Crippen LogP contribution < -0.4 is 5.32 Å². The largest absolute Gasteiger partial charge is 0.320 e. The molecule has 2 amide bonds. The molecule has 1 aliphatic heterocycles. The van der Waals surface area contributed by atoms with Gasteiger partial charge in [-0.15, -0.1) is 11.3 Å². The topological polar surface area (TPSA) is 92.6 Å². The van der Waals surface area contributed by atoms with E-state index in [1.165, 1.54) is 23.9 Å². The van der Waals surface area contributed by atoms with Gasteiger partial charge in [-0.05, 0) is 36.4 Å². The maximum atomic E-state index is 12.5. The Bertz CT molecular complexity index is 989. The van der Waals surface area contributed by atoms with Gasteiger partial charge in [-0.3, -0.25) is 24.6 Å². The van der Waals surface area contributed by atoms with Crippen molar-refractivity contribution in [2.45, 2.75) is 25.7 Å². The first-order valence-corrected chi connectivity index (χ1v) is 11.4. The smallest absolute Gasteiger partial charge is 0.292 e. The molecule has 156 valence electrons. The Morgan fingerprint density at radius 3 is 2.73 bits per heavy atom. The predicted octanol–water partition coefficient (Wildman–Crippen LogP) is 5.06. The molecule has 3 rings (SSSR count). The molecule has 0 unspecified atom stereocenters. The lowest BCUT2D eigenvalue weighted by Crippen LogP contribution is -2.29. The number of carbonyl (C=O) groups is 2. The molecule has 1 aromatic carbocycles. The number of nitrogens with one attached hydrogen (secondary N) is 1. The van der Waals surface area contributed by atoms with Gasteiger partial charge in [0.1, 0.15) is 10.0 Å². The summed E-state index contributed by atoms with van der Waals surface area (Å²) in [5, 5.41) is 15.5. The van der Waals surface area contributed by atoms with Crippen LogP contribution in [0.3, 0.4) is 0 Å². The summed E-state index contributed by atoms with van der Waals surface area (Å²) in [6.07, 6.45) is 4.19. The van der Waals surface area contributed by atoms with Crippen LogP contribution in [0.1, 0.15) is 30.6 Å². The summed E-state index contributed by atoms with van der Waals surface area (Å²) in [5.41, 5.74) is 0.0680. The molecule has 0 atom stereocenters. The molecule has 1 aliphatic rings. The van der Waals surface area contributed by atoms with Crippen LogP contribution >= 0.6 is 35.3 Å². The third-order valence-corrected chi connectivity index (χ3v) is 6.55. The number of rotatable bonds is 9. The number of unbranched alkanes of at least 4 members (excludes halogenated alkanes) is 2. The number of anilines is 1. The number of nitrogens with zero attached hydrogens (tertiary/aromatic N) is 2. The molecule has 30 heavy (non-hydrogen) atoms. The van der Waals surface area contributed by atoms with E-state index in [1.54, 1.807) is 28.4 Å². The standard InChI is InChI=1S/C20H19N3O4S3/c24-18(21-15-8-3-4-9-16(15)23(26)27)10-2-1-5-11-22-19(25)17(30-20(22)28)13-14-7-6-12-29-14/h3-4,6-9,12-13H,1-2,5,10-11H2,(H,21,24). The molecule has 0 saturated carbocycles. The van der Waals surface area contributed by atoms with E-state index < -0.39 is 4.92 Å². The minimum absolute atomic E-state index is 0.0764. The fourth-order valence-corrected chi connectivity index (χ4v) is 4.91. The third kappa shape index (κ3) is 5.74. The van der Waals surface area contributed by atoms with Crippen molar-refractivity contribution in [3.63, 3.8) is 0 Å². The number of nitro groups is 1.